The second-order valence-corrected chi connectivity index (χ2v) is 31.1. The molecule has 0 fully saturated rings. The molecule has 17 nitrogen and oxygen atoms in total. The van der Waals surface area contributed by atoms with Crippen molar-refractivity contribution in [2.75, 3.05) is 39.6 Å². The highest BCUT2D eigenvalue weighted by Gasteiger charge is 2.30. The van der Waals surface area contributed by atoms with E-state index >= 15 is 0 Å². The molecule has 0 aromatic rings. The predicted molar refractivity (Wildman–Crippen MR) is 391 cm³/mol. The molecule has 0 saturated heterocycles. The minimum absolute atomic E-state index is 0.108. The summed E-state index contributed by atoms with van der Waals surface area (Å²) >= 11 is 0. The normalized spacial score (nSPS) is 13.9. The summed E-state index contributed by atoms with van der Waals surface area (Å²) in [4.78, 5) is 72.7. The zero-order valence-corrected chi connectivity index (χ0v) is 64.3. The minimum atomic E-state index is -4.96. The molecule has 0 bridgehead atoms. The fourth-order valence-corrected chi connectivity index (χ4v) is 13.5. The van der Waals surface area contributed by atoms with Gasteiger partial charge in [0.1, 0.15) is 19.3 Å². The molecule has 0 aromatic carbocycles. The van der Waals surface area contributed by atoms with Gasteiger partial charge in [0, 0.05) is 25.7 Å². The first-order chi connectivity index (χ1) is 46.5. The molecular weight excluding hydrogens is 1260 g/mol. The lowest BCUT2D eigenvalue weighted by atomic mass is 10.0. The Bertz CT molecular complexity index is 1840. The van der Waals surface area contributed by atoms with Crippen LogP contribution in [0, 0.1) is 5.92 Å². The topological polar surface area (TPSA) is 237 Å². The van der Waals surface area contributed by atoms with Crippen molar-refractivity contribution in [2.45, 2.75) is 425 Å². The molecule has 0 aliphatic heterocycles. The number of aliphatic hydroxyl groups is 1. The fourth-order valence-electron chi connectivity index (χ4n) is 11.9. The van der Waals surface area contributed by atoms with E-state index < -0.39 is 97.5 Å². The first-order valence-electron chi connectivity index (χ1n) is 40.1. The second-order valence-electron chi connectivity index (χ2n) is 28.2. The average molecular weight is 1410 g/mol. The SMILES string of the molecule is CCCCCCCCCCCCCCCCCCCCCCCC(=O)O[C@H](COC(=O)CCCCCCCCCCCCCCC(C)C)COP(=O)(O)OC[C@@H](O)COP(=O)(O)OC[C@@H](COC(=O)CCCCCCCCC)OC(=O)CCCCCCCCCCCCCCC. The number of phosphoric ester groups is 2. The molecule has 0 amide bonds. The van der Waals surface area contributed by atoms with Crippen LogP contribution in [0.15, 0.2) is 0 Å². The van der Waals surface area contributed by atoms with Crippen molar-refractivity contribution < 1.29 is 80.2 Å². The Labute approximate surface area is 588 Å². The summed E-state index contributed by atoms with van der Waals surface area (Å²) in [6.07, 6.45) is 59.8. The van der Waals surface area contributed by atoms with Gasteiger partial charge in [-0.3, -0.25) is 37.3 Å². The smallest absolute Gasteiger partial charge is 0.462 e. The Morgan fingerprint density at radius 1 is 0.281 bits per heavy atom. The number of carbonyl (C=O) groups excluding carboxylic acids is 4. The van der Waals surface area contributed by atoms with Gasteiger partial charge in [-0.25, -0.2) is 9.13 Å². The van der Waals surface area contributed by atoms with Crippen LogP contribution >= 0.6 is 15.6 Å². The van der Waals surface area contributed by atoms with Gasteiger partial charge in [0.25, 0.3) is 0 Å². The van der Waals surface area contributed by atoms with Gasteiger partial charge < -0.3 is 33.8 Å². The van der Waals surface area contributed by atoms with Crippen LogP contribution in [0.1, 0.15) is 407 Å². The van der Waals surface area contributed by atoms with Crippen LogP contribution in [-0.2, 0) is 65.4 Å². The summed E-state index contributed by atoms with van der Waals surface area (Å²) in [5.74, 6) is -1.33. The number of unbranched alkanes of at least 4 members (excludes halogenated alkanes) is 49. The quantitative estimate of drug-likeness (QED) is 0.0222. The van der Waals surface area contributed by atoms with Gasteiger partial charge in [-0.15, -0.1) is 0 Å². The van der Waals surface area contributed by atoms with Gasteiger partial charge in [0.05, 0.1) is 26.4 Å². The van der Waals surface area contributed by atoms with Gasteiger partial charge in [0.2, 0.25) is 0 Å². The maximum absolute atomic E-state index is 13.1. The van der Waals surface area contributed by atoms with Gasteiger partial charge in [-0.05, 0) is 31.6 Å². The molecule has 0 spiro atoms. The number of rotatable bonds is 77. The van der Waals surface area contributed by atoms with E-state index in [1.807, 2.05) is 0 Å². The lowest BCUT2D eigenvalue weighted by Gasteiger charge is -2.21. The molecule has 96 heavy (non-hydrogen) atoms. The monoisotopic (exact) mass is 1410 g/mol. The van der Waals surface area contributed by atoms with Crippen LogP contribution in [0.5, 0.6) is 0 Å². The van der Waals surface area contributed by atoms with Crippen LogP contribution in [0.2, 0.25) is 0 Å². The molecule has 5 atom stereocenters. The summed E-state index contributed by atoms with van der Waals surface area (Å²) in [6.45, 7) is 7.27. The first-order valence-corrected chi connectivity index (χ1v) is 43.1. The number of hydrogen-bond donors (Lipinski definition) is 3. The number of aliphatic hydroxyl groups excluding tert-OH is 1. The van der Waals surface area contributed by atoms with Gasteiger partial charge in [0.15, 0.2) is 12.2 Å². The zero-order chi connectivity index (χ0) is 70.5. The Morgan fingerprint density at radius 3 is 0.708 bits per heavy atom. The highest BCUT2D eigenvalue weighted by molar-refractivity contribution is 7.47. The molecule has 0 radical (unpaired) electrons. The Balaban J connectivity index is 5.16. The summed E-state index contributed by atoms with van der Waals surface area (Å²) < 4.78 is 68.4. The van der Waals surface area contributed by atoms with Crippen LogP contribution in [0.4, 0.5) is 0 Å². The highest BCUT2D eigenvalue weighted by atomic mass is 31.2. The molecule has 0 aliphatic carbocycles. The van der Waals surface area contributed by atoms with Crippen molar-refractivity contribution in [3.05, 3.63) is 0 Å². The molecule has 19 heteroatoms. The number of hydrogen-bond acceptors (Lipinski definition) is 15. The molecule has 0 rings (SSSR count). The molecule has 3 N–H and O–H groups in total. The summed E-state index contributed by atoms with van der Waals surface area (Å²) in [5, 5.41) is 10.6. The van der Waals surface area contributed by atoms with Crippen molar-refractivity contribution >= 4 is 39.5 Å². The van der Waals surface area contributed by atoms with E-state index in [1.54, 1.807) is 0 Å². The van der Waals surface area contributed by atoms with Crippen molar-refractivity contribution in [3.63, 3.8) is 0 Å². The lowest BCUT2D eigenvalue weighted by molar-refractivity contribution is -0.161. The average Bonchev–Trinajstić information content (AvgIpc) is 1.33. The van der Waals surface area contributed by atoms with Gasteiger partial charge in [-0.2, -0.15) is 0 Å². The van der Waals surface area contributed by atoms with Crippen LogP contribution in [0.25, 0.3) is 0 Å². The molecule has 0 heterocycles. The Kier molecular flexibility index (Phi) is 68.7. The third-order valence-electron chi connectivity index (χ3n) is 18.0. The minimum Gasteiger partial charge on any atom is -0.462 e. The lowest BCUT2D eigenvalue weighted by Crippen LogP contribution is -2.30. The maximum Gasteiger partial charge on any atom is 0.472 e. The third-order valence-corrected chi connectivity index (χ3v) is 19.9. The first kappa shape index (κ1) is 94.1. The number of ether oxygens (including phenoxy) is 4. The highest BCUT2D eigenvalue weighted by Crippen LogP contribution is 2.45. The van der Waals surface area contributed by atoms with Crippen molar-refractivity contribution in [1.82, 2.24) is 0 Å². The van der Waals surface area contributed by atoms with Gasteiger partial charge in [-0.1, -0.05) is 356 Å². The van der Waals surface area contributed by atoms with E-state index in [-0.39, 0.29) is 25.7 Å². The second kappa shape index (κ2) is 70.1. The number of esters is 4. The molecule has 570 valence electrons. The molecular formula is C77H150O17P2. The van der Waals surface area contributed by atoms with Crippen molar-refractivity contribution in [3.8, 4) is 0 Å². The largest absolute Gasteiger partial charge is 0.472 e. The molecule has 0 aromatic heterocycles. The number of carbonyl (C=O) groups is 4. The predicted octanol–water partition coefficient (Wildman–Crippen LogP) is 22.9. The summed E-state index contributed by atoms with van der Waals surface area (Å²) in [7, 11) is -9.91. The van der Waals surface area contributed by atoms with E-state index in [1.165, 1.54) is 218 Å². The third kappa shape index (κ3) is 70.5. The van der Waals surface area contributed by atoms with E-state index in [4.69, 9.17) is 37.0 Å². The van der Waals surface area contributed by atoms with Crippen molar-refractivity contribution in [1.29, 1.82) is 0 Å². The standard InChI is InChI=1S/C77H150O17P2/c1-6-9-12-15-18-20-22-24-25-26-27-28-29-30-31-33-39-43-48-53-58-63-77(82)94-73(67-88-75(80)61-56-51-46-41-37-35-34-36-40-45-49-54-59-70(4)5)69-92-96(85,86)90-65-71(78)64-89-95(83,84)91-68-72(66-87-74(79)60-55-50-44-17-14-11-8-3)93-76(81)62-57-52-47-42-38-32-23-21-19-16-13-10-7-2/h70-73,78H,6-69H2,1-5H3,(H,83,84)(H,85,86)/t71-,72+,73+/m0/s1. The zero-order valence-electron chi connectivity index (χ0n) is 62.5. The summed E-state index contributed by atoms with van der Waals surface area (Å²) in [6, 6.07) is 0. The molecule has 2 unspecified atom stereocenters. The maximum atomic E-state index is 13.1. The number of phosphoric acid groups is 2. The van der Waals surface area contributed by atoms with Gasteiger partial charge >= 0.3 is 39.5 Å². The summed E-state index contributed by atoms with van der Waals surface area (Å²) in [5.41, 5.74) is 0. The molecule has 0 aliphatic rings. The van der Waals surface area contributed by atoms with Crippen LogP contribution in [-0.4, -0.2) is 96.7 Å². The Morgan fingerprint density at radius 2 is 0.479 bits per heavy atom. The Hall–Kier alpha value is -1.94. The van der Waals surface area contributed by atoms with E-state index in [9.17, 15) is 43.2 Å². The van der Waals surface area contributed by atoms with E-state index in [0.717, 1.165) is 109 Å². The van der Waals surface area contributed by atoms with Crippen molar-refractivity contribution in [2.24, 2.45) is 5.92 Å². The van der Waals surface area contributed by atoms with E-state index in [2.05, 4.69) is 34.6 Å². The molecule has 0 saturated carbocycles. The van der Waals surface area contributed by atoms with E-state index in [0.29, 0.717) is 25.7 Å². The fraction of sp³-hybridized carbons (Fsp3) is 0.948. The van der Waals surface area contributed by atoms with Crippen LogP contribution < -0.4 is 0 Å². The van der Waals surface area contributed by atoms with Crippen LogP contribution in [0.3, 0.4) is 0 Å².